The minimum atomic E-state index is -3.38. The maximum atomic E-state index is 13.4. The molecule has 0 saturated carbocycles. The minimum Gasteiger partial charge on any atom is -0.497 e. The first-order valence-corrected chi connectivity index (χ1v) is 10.7. The van der Waals surface area contributed by atoms with Crippen LogP contribution in [-0.2, 0) is 14.6 Å². The van der Waals surface area contributed by atoms with Crippen molar-refractivity contribution in [2.75, 3.05) is 24.9 Å². The van der Waals surface area contributed by atoms with Crippen LogP contribution in [0.5, 0.6) is 17.2 Å². The lowest BCUT2D eigenvalue weighted by molar-refractivity contribution is -0.124. The van der Waals surface area contributed by atoms with Gasteiger partial charge in [-0.05, 0) is 37.3 Å². The molecule has 2 aromatic carbocycles. The summed E-state index contributed by atoms with van der Waals surface area (Å²) in [5, 5.41) is 1.14. The number of sulfone groups is 1. The Morgan fingerprint density at radius 1 is 1.07 bits per heavy atom. The van der Waals surface area contributed by atoms with Crippen LogP contribution in [0.15, 0.2) is 60.0 Å². The number of carbonyl (C=O) groups excluding carboxylic acids is 1. The summed E-state index contributed by atoms with van der Waals surface area (Å²) in [5.41, 5.74) is 0.438. The number of para-hydroxylation sites is 1. The molecule has 0 aliphatic carbocycles. The molecule has 2 atom stereocenters. The molecule has 3 rings (SSSR count). The number of carbonyl (C=O) groups is 1. The zero-order valence-electron chi connectivity index (χ0n) is 16.4. The zero-order valence-corrected chi connectivity index (χ0v) is 17.3. The quantitative estimate of drug-likeness (QED) is 0.689. The smallest absolute Gasteiger partial charge is 0.268 e. The third-order valence-electron chi connectivity index (χ3n) is 4.53. The fourth-order valence-corrected chi connectivity index (χ4v) is 4.38. The van der Waals surface area contributed by atoms with Crippen molar-refractivity contribution in [1.82, 2.24) is 0 Å². The Bertz CT molecular complexity index is 1000. The van der Waals surface area contributed by atoms with E-state index in [1.54, 1.807) is 37.3 Å². The van der Waals surface area contributed by atoms with E-state index in [1.807, 2.05) is 18.2 Å². The lowest BCUT2D eigenvalue weighted by atomic mass is 10.1. The molecular weight excluding hydrogens is 394 g/mol. The second-order valence-corrected chi connectivity index (χ2v) is 8.48. The van der Waals surface area contributed by atoms with E-state index in [4.69, 9.17) is 14.2 Å². The number of benzene rings is 2. The first-order chi connectivity index (χ1) is 13.8. The van der Waals surface area contributed by atoms with Gasteiger partial charge < -0.3 is 14.2 Å². The van der Waals surface area contributed by atoms with E-state index in [9.17, 15) is 13.2 Å². The maximum absolute atomic E-state index is 13.4. The maximum Gasteiger partial charge on any atom is 0.268 e. The van der Waals surface area contributed by atoms with E-state index < -0.39 is 22.0 Å². The molecule has 0 unspecified atom stereocenters. The number of ether oxygens (including phenoxy) is 3. The predicted octanol–water partition coefficient (Wildman–Crippen LogP) is 2.82. The molecule has 0 N–H and O–H groups in total. The molecule has 0 fully saturated rings. The van der Waals surface area contributed by atoms with Crippen molar-refractivity contribution < 1.29 is 27.4 Å². The molecule has 1 aliphatic heterocycles. The monoisotopic (exact) mass is 417 g/mol. The van der Waals surface area contributed by atoms with Crippen LogP contribution in [0.1, 0.15) is 6.92 Å². The highest BCUT2D eigenvalue weighted by Gasteiger charge is 2.35. The average Bonchev–Trinajstić information content (AvgIpc) is 3.08. The normalized spacial score (nSPS) is 18.1. The number of rotatable bonds is 7. The molecule has 1 aliphatic rings. The summed E-state index contributed by atoms with van der Waals surface area (Å²) in [6.07, 6.45) is 0.660. The van der Waals surface area contributed by atoms with Crippen LogP contribution in [0.25, 0.3) is 0 Å². The standard InChI is InChI=1S/C21H23NO6S/c1-15(28-17-7-5-4-6-8-17)21(23)22(16-11-12-29(24,25)14-16)19-10-9-18(26-2)13-20(19)27-3/h4-13,15-16H,14H2,1-3H3/t15-,16+/m1/s1. The summed E-state index contributed by atoms with van der Waals surface area (Å²) in [5.74, 6) is 0.906. The van der Waals surface area contributed by atoms with Crippen molar-refractivity contribution in [2.24, 2.45) is 0 Å². The van der Waals surface area contributed by atoms with Crippen LogP contribution in [0, 0.1) is 0 Å². The molecule has 154 valence electrons. The van der Waals surface area contributed by atoms with Gasteiger partial charge in [0.05, 0.1) is 31.7 Å². The lowest BCUT2D eigenvalue weighted by Gasteiger charge is -2.31. The Morgan fingerprint density at radius 2 is 1.79 bits per heavy atom. The third-order valence-corrected chi connectivity index (χ3v) is 5.91. The Kier molecular flexibility index (Phi) is 6.12. The van der Waals surface area contributed by atoms with Crippen molar-refractivity contribution in [3.63, 3.8) is 0 Å². The highest BCUT2D eigenvalue weighted by Crippen LogP contribution is 2.35. The van der Waals surface area contributed by atoms with Crippen LogP contribution in [0.4, 0.5) is 5.69 Å². The zero-order chi connectivity index (χ0) is 21.0. The van der Waals surface area contributed by atoms with Crippen molar-refractivity contribution in [1.29, 1.82) is 0 Å². The lowest BCUT2D eigenvalue weighted by Crippen LogP contribution is -2.47. The number of nitrogens with zero attached hydrogens (tertiary/aromatic N) is 1. The van der Waals surface area contributed by atoms with Gasteiger partial charge in [-0.2, -0.15) is 0 Å². The van der Waals surface area contributed by atoms with E-state index in [0.717, 1.165) is 5.41 Å². The summed E-state index contributed by atoms with van der Waals surface area (Å²) in [4.78, 5) is 14.8. The van der Waals surface area contributed by atoms with E-state index in [2.05, 4.69) is 0 Å². The second-order valence-electron chi connectivity index (χ2n) is 6.54. The number of hydrogen-bond acceptors (Lipinski definition) is 6. The Balaban J connectivity index is 1.98. The van der Waals surface area contributed by atoms with Crippen LogP contribution in [-0.4, -0.2) is 46.4 Å². The topological polar surface area (TPSA) is 82.1 Å². The molecule has 1 amide bonds. The first-order valence-electron chi connectivity index (χ1n) is 9.02. The molecular formula is C21H23NO6S. The van der Waals surface area contributed by atoms with E-state index in [-0.39, 0.29) is 11.7 Å². The van der Waals surface area contributed by atoms with Gasteiger partial charge in [0.25, 0.3) is 5.91 Å². The van der Waals surface area contributed by atoms with Crippen molar-refractivity contribution in [2.45, 2.75) is 19.1 Å². The largest absolute Gasteiger partial charge is 0.497 e. The Morgan fingerprint density at radius 3 is 2.38 bits per heavy atom. The number of amides is 1. The molecule has 0 bridgehead atoms. The van der Waals surface area contributed by atoms with Crippen molar-refractivity contribution >= 4 is 21.4 Å². The van der Waals surface area contributed by atoms with E-state index in [0.29, 0.717) is 22.9 Å². The SMILES string of the molecule is COc1ccc(N(C(=O)[C@@H](C)Oc2ccccc2)[C@H]2C=CS(=O)(=O)C2)c(OC)c1. The van der Waals surface area contributed by atoms with Gasteiger partial charge >= 0.3 is 0 Å². The van der Waals surface area contributed by atoms with E-state index >= 15 is 0 Å². The highest BCUT2D eigenvalue weighted by atomic mass is 32.2. The fraction of sp³-hybridized carbons (Fsp3) is 0.286. The molecule has 0 spiro atoms. The van der Waals surface area contributed by atoms with Crippen molar-refractivity contribution in [3.05, 3.63) is 60.0 Å². The molecule has 7 nitrogen and oxygen atoms in total. The van der Waals surface area contributed by atoms with Gasteiger partial charge in [0.1, 0.15) is 17.2 Å². The summed E-state index contributed by atoms with van der Waals surface area (Å²) < 4.78 is 40.5. The van der Waals surface area contributed by atoms with Gasteiger partial charge in [0.15, 0.2) is 15.9 Å². The first kappa shape index (κ1) is 20.7. The molecule has 0 saturated heterocycles. The summed E-state index contributed by atoms with van der Waals surface area (Å²) in [6.45, 7) is 1.63. The third kappa shape index (κ3) is 4.71. The van der Waals surface area contributed by atoms with Crippen LogP contribution in [0.2, 0.25) is 0 Å². The average molecular weight is 417 g/mol. The summed E-state index contributed by atoms with van der Waals surface area (Å²) in [6, 6.07) is 13.3. The fourth-order valence-electron chi connectivity index (χ4n) is 3.11. The second kappa shape index (κ2) is 8.57. The highest BCUT2D eigenvalue weighted by molar-refractivity contribution is 7.94. The Labute approximate surface area is 170 Å². The molecule has 8 heteroatoms. The van der Waals surface area contributed by atoms with Gasteiger partial charge in [0, 0.05) is 11.5 Å². The van der Waals surface area contributed by atoms with Crippen LogP contribution < -0.4 is 19.1 Å². The summed E-state index contributed by atoms with van der Waals surface area (Å²) >= 11 is 0. The van der Waals surface area contributed by atoms with Crippen LogP contribution in [0.3, 0.4) is 0 Å². The number of anilines is 1. The molecule has 2 aromatic rings. The van der Waals surface area contributed by atoms with Crippen LogP contribution >= 0.6 is 0 Å². The molecule has 0 radical (unpaired) electrons. The summed E-state index contributed by atoms with van der Waals surface area (Å²) in [7, 11) is -0.374. The van der Waals surface area contributed by atoms with Crippen molar-refractivity contribution in [3.8, 4) is 17.2 Å². The van der Waals surface area contributed by atoms with E-state index in [1.165, 1.54) is 25.2 Å². The predicted molar refractivity (Wildman–Crippen MR) is 110 cm³/mol. The number of methoxy groups -OCH3 is 2. The van der Waals surface area contributed by atoms with Gasteiger partial charge in [-0.15, -0.1) is 0 Å². The van der Waals surface area contributed by atoms with Gasteiger partial charge in [-0.1, -0.05) is 18.2 Å². The number of hydrogen-bond donors (Lipinski definition) is 0. The molecule has 0 aromatic heterocycles. The van der Waals surface area contributed by atoms with Gasteiger partial charge in [-0.25, -0.2) is 8.42 Å². The van der Waals surface area contributed by atoms with Gasteiger partial charge in [0.2, 0.25) is 0 Å². The molecule has 29 heavy (non-hydrogen) atoms. The Hall–Kier alpha value is -3.00. The minimum absolute atomic E-state index is 0.202. The molecule has 1 heterocycles. The van der Waals surface area contributed by atoms with Gasteiger partial charge in [-0.3, -0.25) is 9.69 Å².